The number of nitro benzene ring substituents is 1. The molecule has 1 N–H and O–H groups in total. The molecule has 0 radical (unpaired) electrons. The SMILES string of the molecule is CNc1cccc(N(CCC#N)C(C)C)c1[N+](=O)[O-]. The van der Waals surface area contributed by atoms with Crippen molar-refractivity contribution < 1.29 is 4.92 Å². The number of rotatable bonds is 6. The second-order valence-electron chi connectivity index (χ2n) is 4.38. The maximum absolute atomic E-state index is 11.3. The van der Waals surface area contributed by atoms with Crippen molar-refractivity contribution in [2.75, 3.05) is 23.8 Å². The summed E-state index contributed by atoms with van der Waals surface area (Å²) in [6.07, 6.45) is 0.332. The minimum Gasteiger partial charge on any atom is -0.382 e. The number of hydrogen-bond donors (Lipinski definition) is 1. The molecule has 0 atom stereocenters. The van der Waals surface area contributed by atoms with Crippen molar-refractivity contribution in [1.29, 1.82) is 5.26 Å². The molecule has 0 amide bonds. The molecule has 102 valence electrons. The van der Waals surface area contributed by atoms with E-state index in [4.69, 9.17) is 5.26 Å². The molecule has 1 aromatic rings. The molecule has 0 unspecified atom stereocenters. The molecule has 6 heteroatoms. The zero-order chi connectivity index (χ0) is 14.4. The van der Waals surface area contributed by atoms with E-state index in [1.807, 2.05) is 18.7 Å². The van der Waals surface area contributed by atoms with Crippen molar-refractivity contribution in [1.82, 2.24) is 0 Å². The number of nitrogens with one attached hydrogen (secondary N) is 1. The molecule has 0 aromatic heterocycles. The first-order chi connectivity index (χ1) is 9.02. The van der Waals surface area contributed by atoms with Gasteiger partial charge in [-0.2, -0.15) is 5.26 Å². The van der Waals surface area contributed by atoms with Crippen molar-refractivity contribution in [3.05, 3.63) is 28.3 Å². The highest BCUT2D eigenvalue weighted by atomic mass is 16.6. The van der Waals surface area contributed by atoms with Gasteiger partial charge in [0.25, 0.3) is 0 Å². The summed E-state index contributed by atoms with van der Waals surface area (Å²) < 4.78 is 0. The first kappa shape index (κ1) is 14.8. The van der Waals surface area contributed by atoms with Crippen LogP contribution in [0, 0.1) is 21.4 Å². The maximum Gasteiger partial charge on any atom is 0.315 e. The normalized spacial score (nSPS) is 10.1. The number of anilines is 2. The van der Waals surface area contributed by atoms with Gasteiger partial charge in [-0.05, 0) is 26.0 Å². The van der Waals surface area contributed by atoms with Crippen LogP contribution >= 0.6 is 0 Å². The lowest BCUT2D eigenvalue weighted by molar-refractivity contribution is -0.383. The van der Waals surface area contributed by atoms with Crippen LogP contribution in [0.1, 0.15) is 20.3 Å². The van der Waals surface area contributed by atoms with E-state index in [1.54, 1.807) is 25.2 Å². The molecule has 0 spiro atoms. The number of para-hydroxylation sites is 1. The minimum absolute atomic E-state index is 0.0524. The molecule has 6 nitrogen and oxygen atoms in total. The predicted octanol–water partition coefficient (Wildman–Crippen LogP) is 2.76. The van der Waals surface area contributed by atoms with Crippen LogP contribution in [-0.2, 0) is 0 Å². The standard InChI is InChI=1S/C13H18N4O2/c1-10(2)16(9-5-8-14)12-7-4-6-11(15-3)13(12)17(18)19/h4,6-7,10,15H,5,9H2,1-3H3. The molecule has 0 heterocycles. The Morgan fingerprint density at radius 3 is 2.68 bits per heavy atom. The highest BCUT2D eigenvalue weighted by Crippen LogP contribution is 2.36. The van der Waals surface area contributed by atoms with Gasteiger partial charge in [-0.3, -0.25) is 10.1 Å². The smallest absolute Gasteiger partial charge is 0.315 e. The van der Waals surface area contributed by atoms with Crippen LogP contribution in [0.5, 0.6) is 0 Å². The second kappa shape index (κ2) is 6.59. The molecule has 1 rings (SSSR count). The van der Waals surface area contributed by atoms with Gasteiger partial charge in [0.05, 0.1) is 17.4 Å². The molecular formula is C13H18N4O2. The number of nitriles is 1. The van der Waals surface area contributed by atoms with Gasteiger partial charge >= 0.3 is 5.69 Å². The third-order valence-corrected chi connectivity index (χ3v) is 2.86. The topological polar surface area (TPSA) is 82.2 Å². The first-order valence-corrected chi connectivity index (χ1v) is 6.11. The van der Waals surface area contributed by atoms with Crippen LogP contribution in [0.2, 0.25) is 0 Å². The number of nitro groups is 1. The summed E-state index contributed by atoms with van der Waals surface area (Å²) in [6, 6.07) is 7.32. The summed E-state index contributed by atoms with van der Waals surface area (Å²) in [5.41, 5.74) is 1.07. The monoisotopic (exact) mass is 262 g/mol. The zero-order valence-electron chi connectivity index (χ0n) is 11.4. The fourth-order valence-corrected chi connectivity index (χ4v) is 1.98. The molecule has 19 heavy (non-hydrogen) atoms. The Morgan fingerprint density at radius 1 is 1.53 bits per heavy atom. The Bertz CT molecular complexity index is 494. The average Bonchev–Trinajstić information content (AvgIpc) is 2.38. The lowest BCUT2D eigenvalue weighted by Crippen LogP contribution is -2.32. The molecule has 1 aromatic carbocycles. The van der Waals surface area contributed by atoms with Gasteiger partial charge in [-0.1, -0.05) is 6.07 Å². The predicted molar refractivity (Wildman–Crippen MR) is 75.4 cm³/mol. The average molecular weight is 262 g/mol. The summed E-state index contributed by atoms with van der Waals surface area (Å²) in [4.78, 5) is 12.8. The van der Waals surface area contributed by atoms with Crippen LogP contribution in [0.25, 0.3) is 0 Å². The maximum atomic E-state index is 11.3. The summed E-state index contributed by atoms with van der Waals surface area (Å²) in [6.45, 7) is 4.38. The molecule has 0 aliphatic carbocycles. The van der Waals surface area contributed by atoms with Crippen LogP contribution in [0.15, 0.2) is 18.2 Å². The van der Waals surface area contributed by atoms with E-state index in [0.717, 1.165) is 0 Å². The van der Waals surface area contributed by atoms with Crippen LogP contribution < -0.4 is 10.2 Å². The molecular weight excluding hydrogens is 244 g/mol. The van der Waals surface area contributed by atoms with E-state index < -0.39 is 0 Å². The largest absolute Gasteiger partial charge is 0.382 e. The lowest BCUT2D eigenvalue weighted by atomic mass is 10.1. The van der Waals surface area contributed by atoms with E-state index in [0.29, 0.717) is 24.3 Å². The summed E-state index contributed by atoms with van der Waals surface area (Å²) >= 11 is 0. The van der Waals surface area contributed by atoms with E-state index in [-0.39, 0.29) is 16.7 Å². The fourth-order valence-electron chi connectivity index (χ4n) is 1.98. The third kappa shape index (κ3) is 3.35. The first-order valence-electron chi connectivity index (χ1n) is 6.11. The quantitative estimate of drug-likeness (QED) is 0.629. The number of hydrogen-bond acceptors (Lipinski definition) is 5. The molecule has 0 aliphatic rings. The van der Waals surface area contributed by atoms with Crippen LogP contribution in [0.4, 0.5) is 17.1 Å². The van der Waals surface area contributed by atoms with Gasteiger partial charge in [-0.25, -0.2) is 0 Å². The summed E-state index contributed by atoms with van der Waals surface area (Å²) in [7, 11) is 1.65. The Morgan fingerprint density at radius 2 is 2.21 bits per heavy atom. The Hall–Kier alpha value is -2.29. The van der Waals surface area contributed by atoms with Gasteiger partial charge in [0.1, 0.15) is 11.4 Å². The van der Waals surface area contributed by atoms with Crippen molar-refractivity contribution in [2.45, 2.75) is 26.3 Å². The van der Waals surface area contributed by atoms with Gasteiger partial charge in [-0.15, -0.1) is 0 Å². The highest BCUT2D eigenvalue weighted by Gasteiger charge is 2.24. The molecule has 0 aliphatic heterocycles. The van der Waals surface area contributed by atoms with Crippen molar-refractivity contribution in [3.8, 4) is 6.07 Å². The molecule has 0 fully saturated rings. The van der Waals surface area contributed by atoms with Crippen molar-refractivity contribution in [2.24, 2.45) is 0 Å². The van der Waals surface area contributed by atoms with E-state index in [1.165, 1.54) is 0 Å². The number of nitrogens with zero attached hydrogens (tertiary/aromatic N) is 3. The van der Waals surface area contributed by atoms with Gasteiger partial charge in [0, 0.05) is 19.6 Å². The van der Waals surface area contributed by atoms with E-state index in [9.17, 15) is 10.1 Å². The summed E-state index contributed by atoms with van der Waals surface area (Å²) in [5.74, 6) is 0. The lowest BCUT2D eigenvalue weighted by Gasteiger charge is -2.28. The zero-order valence-corrected chi connectivity index (χ0v) is 11.4. The van der Waals surface area contributed by atoms with Gasteiger partial charge < -0.3 is 10.2 Å². The van der Waals surface area contributed by atoms with E-state index in [2.05, 4.69) is 11.4 Å². The molecule has 0 saturated heterocycles. The van der Waals surface area contributed by atoms with Crippen molar-refractivity contribution in [3.63, 3.8) is 0 Å². The van der Waals surface area contributed by atoms with Gasteiger partial charge in [0.2, 0.25) is 0 Å². The Kier molecular flexibility index (Phi) is 5.12. The molecule has 0 bridgehead atoms. The summed E-state index contributed by atoms with van der Waals surface area (Å²) in [5, 5.41) is 22.8. The highest BCUT2D eigenvalue weighted by molar-refractivity contribution is 5.77. The van der Waals surface area contributed by atoms with Crippen molar-refractivity contribution >= 4 is 17.1 Å². The second-order valence-corrected chi connectivity index (χ2v) is 4.38. The van der Waals surface area contributed by atoms with Crippen LogP contribution in [0.3, 0.4) is 0 Å². The fraction of sp³-hybridized carbons (Fsp3) is 0.462. The molecule has 0 saturated carbocycles. The van der Waals surface area contributed by atoms with Crippen LogP contribution in [-0.4, -0.2) is 24.6 Å². The Labute approximate surface area is 112 Å². The minimum atomic E-state index is -0.386. The van der Waals surface area contributed by atoms with E-state index >= 15 is 0 Å². The Balaban J connectivity index is 3.30. The number of benzene rings is 1. The third-order valence-electron chi connectivity index (χ3n) is 2.86. The van der Waals surface area contributed by atoms with Gasteiger partial charge in [0.15, 0.2) is 0 Å².